The molecule has 2 aromatic rings. The molecule has 0 saturated heterocycles. The Kier molecular flexibility index (Phi) is 2.63. The SMILES string of the molecule is Cc1nc2cnc3c(c2n1C1CCCC(O)C1)CC=N3. The average Bonchev–Trinajstić information content (AvgIpc) is 3.00. The summed E-state index contributed by atoms with van der Waals surface area (Å²) in [5.74, 6) is 1.84. The lowest BCUT2D eigenvalue weighted by atomic mass is 9.92. The Bertz CT molecular complexity index is 703. The molecule has 0 aromatic carbocycles. The summed E-state index contributed by atoms with van der Waals surface area (Å²) in [7, 11) is 0. The number of aryl methyl sites for hydroxylation is 1. The summed E-state index contributed by atoms with van der Waals surface area (Å²) >= 11 is 0. The number of nitrogens with zero attached hydrogens (tertiary/aromatic N) is 4. The molecular weight excluding hydrogens is 252 g/mol. The van der Waals surface area contributed by atoms with Crippen molar-refractivity contribution in [2.75, 3.05) is 0 Å². The molecule has 0 bridgehead atoms. The summed E-state index contributed by atoms with van der Waals surface area (Å²) in [5, 5.41) is 9.96. The maximum absolute atomic E-state index is 9.96. The monoisotopic (exact) mass is 270 g/mol. The molecule has 0 amide bonds. The van der Waals surface area contributed by atoms with E-state index < -0.39 is 0 Å². The molecule has 2 unspecified atom stereocenters. The Morgan fingerprint density at radius 2 is 2.25 bits per heavy atom. The summed E-state index contributed by atoms with van der Waals surface area (Å²) < 4.78 is 2.31. The van der Waals surface area contributed by atoms with Crippen LogP contribution in [0.15, 0.2) is 11.2 Å². The van der Waals surface area contributed by atoms with Crippen LogP contribution in [0, 0.1) is 6.92 Å². The third kappa shape index (κ3) is 1.69. The zero-order valence-electron chi connectivity index (χ0n) is 11.6. The van der Waals surface area contributed by atoms with Crippen molar-refractivity contribution in [2.24, 2.45) is 4.99 Å². The fourth-order valence-corrected chi connectivity index (χ4v) is 3.61. The average molecular weight is 270 g/mol. The second-order valence-corrected chi connectivity index (χ2v) is 5.81. The van der Waals surface area contributed by atoms with Gasteiger partial charge in [0.15, 0.2) is 5.82 Å². The van der Waals surface area contributed by atoms with Gasteiger partial charge in [0.25, 0.3) is 0 Å². The predicted octanol–water partition coefficient (Wildman–Crippen LogP) is 2.47. The Morgan fingerprint density at radius 3 is 3.10 bits per heavy atom. The van der Waals surface area contributed by atoms with Crippen molar-refractivity contribution in [3.8, 4) is 0 Å². The number of aliphatic hydroxyl groups is 1. The van der Waals surface area contributed by atoms with Crippen LogP contribution < -0.4 is 0 Å². The van der Waals surface area contributed by atoms with Crippen LogP contribution in [0.3, 0.4) is 0 Å². The number of rotatable bonds is 1. The van der Waals surface area contributed by atoms with Gasteiger partial charge in [-0.1, -0.05) is 0 Å². The highest BCUT2D eigenvalue weighted by Gasteiger charge is 2.26. The molecule has 3 heterocycles. The maximum Gasteiger partial charge on any atom is 0.157 e. The van der Waals surface area contributed by atoms with Gasteiger partial charge in [0.05, 0.1) is 17.8 Å². The van der Waals surface area contributed by atoms with E-state index in [1.165, 1.54) is 11.1 Å². The van der Waals surface area contributed by atoms with E-state index in [0.29, 0.717) is 6.04 Å². The van der Waals surface area contributed by atoms with Crippen molar-refractivity contribution in [3.05, 3.63) is 17.6 Å². The van der Waals surface area contributed by atoms with Crippen molar-refractivity contribution >= 4 is 23.1 Å². The lowest BCUT2D eigenvalue weighted by Gasteiger charge is -2.28. The minimum atomic E-state index is -0.184. The van der Waals surface area contributed by atoms with E-state index >= 15 is 0 Å². The Hall–Kier alpha value is -1.75. The van der Waals surface area contributed by atoms with Crippen LogP contribution in [0.4, 0.5) is 5.82 Å². The summed E-state index contributed by atoms with van der Waals surface area (Å²) in [6, 6.07) is 0.343. The second-order valence-electron chi connectivity index (χ2n) is 5.81. The molecular formula is C15H18N4O. The number of fused-ring (bicyclic) bond motifs is 3. The van der Waals surface area contributed by atoms with Crippen molar-refractivity contribution in [3.63, 3.8) is 0 Å². The van der Waals surface area contributed by atoms with Gasteiger partial charge in [0, 0.05) is 24.2 Å². The van der Waals surface area contributed by atoms with E-state index in [2.05, 4.69) is 19.5 Å². The fraction of sp³-hybridized carbons (Fsp3) is 0.533. The van der Waals surface area contributed by atoms with Gasteiger partial charge in [-0.3, -0.25) is 0 Å². The van der Waals surface area contributed by atoms with Gasteiger partial charge in [-0.25, -0.2) is 15.0 Å². The normalized spacial score (nSPS) is 25.3. The van der Waals surface area contributed by atoms with Crippen LogP contribution in [0.25, 0.3) is 11.0 Å². The third-order valence-corrected chi connectivity index (χ3v) is 4.47. The highest BCUT2D eigenvalue weighted by molar-refractivity contribution is 5.89. The predicted molar refractivity (Wildman–Crippen MR) is 77.6 cm³/mol. The number of aliphatic imine (C=N–C) groups is 1. The van der Waals surface area contributed by atoms with Gasteiger partial charge in [0.2, 0.25) is 0 Å². The summed E-state index contributed by atoms with van der Waals surface area (Å²) in [5.41, 5.74) is 3.30. The summed E-state index contributed by atoms with van der Waals surface area (Å²) in [6.45, 7) is 2.04. The van der Waals surface area contributed by atoms with Gasteiger partial charge in [-0.05, 0) is 32.6 Å². The van der Waals surface area contributed by atoms with Crippen LogP contribution in [0.1, 0.15) is 43.1 Å². The molecule has 104 valence electrons. The van der Waals surface area contributed by atoms with Crippen molar-refractivity contribution in [2.45, 2.75) is 51.2 Å². The van der Waals surface area contributed by atoms with Crippen molar-refractivity contribution < 1.29 is 5.11 Å². The van der Waals surface area contributed by atoms with Gasteiger partial charge in [0.1, 0.15) is 11.3 Å². The first-order valence-electron chi connectivity index (χ1n) is 7.31. The van der Waals surface area contributed by atoms with Crippen LogP contribution >= 0.6 is 0 Å². The lowest BCUT2D eigenvalue weighted by Crippen LogP contribution is -2.23. The van der Waals surface area contributed by atoms with E-state index in [0.717, 1.165) is 49.3 Å². The topological polar surface area (TPSA) is 63.3 Å². The standard InChI is InChI=1S/C15H18N4O/c1-9-18-13-8-17-15-12(5-6-16-15)14(13)19(9)10-3-2-4-11(20)7-10/h6,8,10-11,20H,2-5,7H2,1H3. The molecule has 2 atom stereocenters. The Balaban J connectivity index is 1.90. The molecule has 0 spiro atoms. The van der Waals surface area contributed by atoms with Gasteiger partial charge in [-0.15, -0.1) is 0 Å². The second kappa shape index (κ2) is 4.38. The molecule has 2 aromatic heterocycles. The Morgan fingerprint density at radius 1 is 1.35 bits per heavy atom. The van der Waals surface area contributed by atoms with Crippen LogP contribution in [0.5, 0.6) is 0 Å². The summed E-state index contributed by atoms with van der Waals surface area (Å²) in [6.07, 6.45) is 8.32. The molecule has 4 rings (SSSR count). The first kappa shape index (κ1) is 12.0. The minimum absolute atomic E-state index is 0.184. The van der Waals surface area contributed by atoms with Gasteiger partial charge >= 0.3 is 0 Å². The lowest BCUT2D eigenvalue weighted by molar-refractivity contribution is 0.104. The zero-order valence-corrected chi connectivity index (χ0v) is 11.6. The molecule has 1 N–H and O–H groups in total. The highest BCUT2D eigenvalue weighted by Crippen LogP contribution is 2.36. The van der Waals surface area contributed by atoms with E-state index in [1.54, 1.807) is 0 Å². The molecule has 1 fully saturated rings. The molecule has 1 aliphatic carbocycles. The molecule has 2 aliphatic rings. The number of pyridine rings is 1. The first-order valence-corrected chi connectivity index (χ1v) is 7.31. The van der Waals surface area contributed by atoms with E-state index in [4.69, 9.17) is 0 Å². The number of hydrogen-bond donors (Lipinski definition) is 1. The number of hydrogen-bond acceptors (Lipinski definition) is 4. The van der Waals surface area contributed by atoms with Crippen LogP contribution in [-0.4, -0.2) is 32.0 Å². The number of aliphatic hydroxyl groups excluding tert-OH is 1. The van der Waals surface area contributed by atoms with Gasteiger partial charge < -0.3 is 9.67 Å². The fourth-order valence-electron chi connectivity index (χ4n) is 3.61. The molecule has 5 nitrogen and oxygen atoms in total. The third-order valence-electron chi connectivity index (χ3n) is 4.47. The molecule has 0 radical (unpaired) electrons. The van der Waals surface area contributed by atoms with E-state index in [9.17, 15) is 5.11 Å². The maximum atomic E-state index is 9.96. The Labute approximate surface area is 117 Å². The van der Waals surface area contributed by atoms with Gasteiger partial charge in [-0.2, -0.15) is 0 Å². The zero-order chi connectivity index (χ0) is 13.7. The number of aromatic nitrogens is 3. The number of imidazole rings is 1. The van der Waals surface area contributed by atoms with E-state index in [1.807, 2.05) is 19.3 Å². The van der Waals surface area contributed by atoms with Crippen LogP contribution in [-0.2, 0) is 6.42 Å². The smallest absolute Gasteiger partial charge is 0.157 e. The molecule has 1 saturated carbocycles. The largest absolute Gasteiger partial charge is 0.393 e. The van der Waals surface area contributed by atoms with Crippen molar-refractivity contribution in [1.82, 2.24) is 14.5 Å². The molecule has 1 aliphatic heterocycles. The van der Waals surface area contributed by atoms with Crippen molar-refractivity contribution in [1.29, 1.82) is 0 Å². The first-order chi connectivity index (χ1) is 9.74. The minimum Gasteiger partial charge on any atom is -0.393 e. The van der Waals surface area contributed by atoms with Crippen LogP contribution in [0.2, 0.25) is 0 Å². The highest BCUT2D eigenvalue weighted by atomic mass is 16.3. The quantitative estimate of drug-likeness (QED) is 0.865. The molecule has 5 heteroatoms. The molecule has 20 heavy (non-hydrogen) atoms. The van der Waals surface area contributed by atoms with E-state index in [-0.39, 0.29) is 6.10 Å². The summed E-state index contributed by atoms with van der Waals surface area (Å²) in [4.78, 5) is 13.4.